The van der Waals surface area contributed by atoms with Crippen molar-refractivity contribution in [2.24, 2.45) is 0 Å². The second-order valence-electron chi connectivity index (χ2n) is 6.55. The lowest BCUT2D eigenvalue weighted by atomic mass is 9.72. The first-order valence-corrected chi connectivity index (χ1v) is 9.01. The number of ketones is 1. The number of aliphatic hydroxyl groups is 2. The van der Waals surface area contributed by atoms with Crippen LogP contribution in [-0.4, -0.2) is 27.6 Å². The maximum atomic E-state index is 15.7. The van der Waals surface area contributed by atoms with E-state index in [4.69, 9.17) is 23.2 Å². The summed E-state index contributed by atoms with van der Waals surface area (Å²) >= 11 is 12.0. The number of benzene rings is 1. The van der Waals surface area contributed by atoms with Crippen molar-refractivity contribution < 1.29 is 19.4 Å². The van der Waals surface area contributed by atoms with Crippen LogP contribution in [0.5, 0.6) is 0 Å². The predicted molar refractivity (Wildman–Crippen MR) is 97.0 cm³/mol. The maximum absolute atomic E-state index is 15.7. The highest BCUT2D eigenvalue weighted by Gasteiger charge is 2.51. The second-order valence-corrected chi connectivity index (χ2v) is 7.39. The van der Waals surface area contributed by atoms with Gasteiger partial charge in [0.1, 0.15) is 5.60 Å². The molecular weight excluding hydrogens is 380 g/mol. The van der Waals surface area contributed by atoms with E-state index in [1.165, 1.54) is 18.3 Å². The molecule has 26 heavy (non-hydrogen) atoms. The Morgan fingerprint density at radius 1 is 1.27 bits per heavy atom. The topological polar surface area (TPSA) is 70.4 Å². The lowest BCUT2D eigenvalue weighted by Gasteiger charge is -2.38. The predicted octanol–water partition coefficient (Wildman–Crippen LogP) is 3.73. The van der Waals surface area contributed by atoms with Crippen molar-refractivity contribution in [3.63, 3.8) is 0 Å². The van der Waals surface area contributed by atoms with Crippen LogP contribution < -0.4 is 0 Å². The van der Waals surface area contributed by atoms with Gasteiger partial charge in [-0.3, -0.25) is 9.78 Å². The van der Waals surface area contributed by atoms with E-state index in [2.05, 4.69) is 4.98 Å². The summed E-state index contributed by atoms with van der Waals surface area (Å²) in [5, 5.41) is 20.9. The Labute approximate surface area is 160 Å². The molecule has 3 rings (SSSR count). The van der Waals surface area contributed by atoms with Crippen molar-refractivity contribution in [3.05, 3.63) is 63.4 Å². The number of aryl methyl sites for hydroxylation is 1. The maximum Gasteiger partial charge on any atom is 0.195 e. The van der Waals surface area contributed by atoms with Crippen LogP contribution in [-0.2, 0) is 22.5 Å². The van der Waals surface area contributed by atoms with E-state index >= 15 is 4.39 Å². The van der Waals surface area contributed by atoms with E-state index in [9.17, 15) is 15.0 Å². The minimum Gasteiger partial charge on any atom is -0.393 e. The molecule has 138 valence electrons. The molecule has 2 atom stereocenters. The van der Waals surface area contributed by atoms with E-state index in [1.807, 2.05) is 0 Å². The fraction of sp³-hybridized carbons (Fsp3) is 0.368. The van der Waals surface area contributed by atoms with Crippen LogP contribution >= 0.6 is 23.2 Å². The van der Waals surface area contributed by atoms with Gasteiger partial charge in [0.15, 0.2) is 11.5 Å². The largest absolute Gasteiger partial charge is 0.393 e. The quantitative estimate of drug-likeness (QED) is 0.806. The van der Waals surface area contributed by atoms with Crippen molar-refractivity contribution in [2.45, 2.75) is 37.0 Å². The molecule has 0 fully saturated rings. The number of hydrogen-bond donors (Lipinski definition) is 2. The molecule has 1 aliphatic carbocycles. The first-order valence-electron chi connectivity index (χ1n) is 8.25. The zero-order valence-corrected chi connectivity index (χ0v) is 15.4. The van der Waals surface area contributed by atoms with Crippen molar-refractivity contribution >= 4 is 29.0 Å². The highest BCUT2D eigenvalue weighted by atomic mass is 35.5. The summed E-state index contributed by atoms with van der Waals surface area (Å²) in [5.41, 5.74) is -3.12. The SMILES string of the molecule is O=C(CCc1ccc(Cl)cc1Cl)[C@]1(F)CC[C@@](O)(CO)c2ncccc21. The summed E-state index contributed by atoms with van der Waals surface area (Å²) in [4.78, 5) is 16.7. The van der Waals surface area contributed by atoms with Gasteiger partial charge in [0.25, 0.3) is 0 Å². The number of aliphatic hydroxyl groups excluding tert-OH is 1. The average Bonchev–Trinajstić information content (AvgIpc) is 2.64. The van der Waals surface area contributed by atoms with E-state index < -0.39 is 23.7 Å². The first-order chi connectivity index (χ1) is 12.3. The van der Waals surface area contributed by atoms with Gasteiger partial charge < -0.3 is 10.2 Å². The number of fused-ring (bicyclic) bond motifs is 1. The zero-order chi connectivity index (χ0) is 18.9. The van der Waals surface area contributed by atoms with Crippen molar-refractivity contribution in [1.29, 1.82) is 0 Å². The second kappa shape index (κ2) is 7.24. The third-order valence-electron chi connectivity index (χ3n) is 4.90. The van der Waals surface area contributed by atoms with Crippen LogP contribution in [0.15, 0.2) is 36.5 Å². The van der Waals surface area contributed by atoms with E-state index in [0.29, 0.717) is 15.6 Å². The van der Waals surface area contributed by atoms with Gasteiger partial charge in [0, 0.05) is 28.2 Å². The zero-order valence-electron chi connectivity index (χ0n) is 13.9. The third-order valence-corrected chi connectivity index (χ3v) is 5.49. The Bertz CT molecular complexity index is 847. The highest BCUT2D eigenvalue weighted by Crippen LogP contribution is 2.46. The Hall–Kier alpha value is -1.53. The third kappa shape index (κ3) is 3.37. The molecule has 0 saturated heterocycles. The fourth-order valence-corrected chi connectivity index (χ4v) is 3.85. The van der Waals surface area contributed by atoms with Gasteiger partial charge in [-0.2, -0.15) is 0 Å². The molecular formula is C19H18Cl2FNO3. The Morgan fingerprint density at radius 3 is 2.73 bits per heavy atom. The number of halogens is 3. The van der Waals surface area contributed by atoms with Crippen LogP contribution in [0.3, 0.4) is 0 Å². The number of hydrogen-bond acceptors (Lipinski definition) is 4. The summed E-state index contributed by atoms with van der Waals surface area (Å²) in [6, 6.07) is 7.91. The number of nitrogens with zero attached hydrogens (tertiary/aromatic N) is 1. The summed E-state index contributed by atoms with van der Waals surface area (Å²) in [5.74, 6) is -0.599. The Kier molecular flexibility index (Phi) is 5.35. The monoisotopic (exact) mass is 397 g/mol. The molecule has 2 N–H and O–H groups in total. The van der Waals surface area contributed by atoms with Crippen LogP contribution in [0.4, 0.5) is 4.39 Å². The molecule has 0 radical (unpaired) electrons. The number of carbonyl (C=O) groups excluding carboxylic acids is 1. The van der Waals surface area contributed by atoms with Crippen molar-refractivity contribution in [3.8, 4) is 0 Å². The molecule has 0 amide bonds. The van der Waals surface area contributed by atoms with Gasteiger partial charge in [-0.1, -0.05) is 35.3 Å². The summed E-state index contributed by atoms with van der Waals surface area (Å²) in [7, 11) is 0. The summed E-state index contributed by atoms with van der Waals surface area (Å²) in [6.07, 6.45) is 1.33. The van der Waals surface area contributed by atoms with Crippen molar-refractivity contribution in [2.75, 3.05) is 6.61 Å². The standard InChI is InChI=1S/C19H18Cl2FNO3/c20-13-5-3-12(15(21)10-13)4-6-16(25)19(22)8-7-18(26,11-24)17-14(19)2-1-9-23-17/h1-3,5,9-10,24,26H,4,6-8,11H2/t18-,19+/m1/s1. The van der Waals surface area contributed by atoms with Gasteiger partial charge in [-0.15, -0.1) is 0 Å². The first kappa shape index (κ1) is 19.2. The molecule has 1 aliphatic rings. The number of carbonyl (C=O) groups is 1. The molecule has 0 spiro atoms. The van der Waals surface area contributed by atoms with E-state index in [-0.39, 0.29) is 36.9 Å². The lowest BCUT2D eigenvalue weighted by Crippen LogP contribution is -2.45. The van der Waals surface area contributed by atoms with Gasteiger partial charge in [0.2, 0.25) is 0 Å². The number of aromatic nitrogens is 1. The molecule has 0 saturated carbocycles. The van der Waals surface area contributed by atoms with Gasteiger partial charge in [-0.05, 0) is 43.0 Å². The number of pyridine rings is 1. The molecule has 0 aliphatic heterocycles. The normalized spacial score (nSPS) is 25.0. The molecule has 1 aromatic heterocycles. The van der Waals surface area contributed by atoms with Crippen molar-refractivity contribution in [1.82, 2.24) is 4.98 Å². The molecule has 0 bridgehead atoms. The molecule has 7 heteroatoms. The molecule has 1 aromatic carbocycles. The lowest BCUT2D eigenvalue weighted by molar-refractivity contribution is -0.135. The molecule has 2 aromatic rings. The van der Waals surface area contributed by atoms with E-state index in [0.717, 1.165) is 0 Å². The van der Waals surface area contributed by atoms with Gasteiger partial charge >= 0.3 is 0 Å². The molecule has 0 unspecified atom stereocenters. The van der Waals surface area contributed by atoms with Crippen LogP contribution in [0.1, 0.15) is 36.1 Å². The number of alkyl halides is 1. The number of rotatable bonds is 5. The Balaban J connectivity index is 1.85. The van der Waals surface area contributed by atoms with Crippen LogP contribution in [0, 0.1) is 0 Å². The van der Waals surface area contributed by atoms with Gasteiger partial charge in [-0.25, -0.2) is 4.39 Å². The van der Waals surface area contributed by atoms with E-state index in [1.54, 1.807) is 18.2 Å². The summed E-state index contributed by atoms with van der Waals surface area (Å²) < 4.78 is 15.7. The smallest absolute Gasteiger partial charge is 0.195 e. The Morgan fingerprint density at radius 2 is 2.04 bits per heavy atom. The van der Waals surface area contributed by atoms with Crippen LogP contribution in [0.2, 0.25) is 10.0 Å². The fourth-order valence-electron chi connectivity index (χ4n) is 3.34. The molecule has 1 heterocycles. The highest BCUT2D eigenvalue weighted by molar-refractivity contribution is 6.35. The minimum absolute atomic E-state index is 0.0223. The number of Topliss-reactive ketones (excluding diaryl/α,β-unsaturated/α-hetero) is 1. The summed E-state index contributed by atoms with van der Waals surface area (Å²) in [6.45, 7) is -0.582. The minimum atomic E-state index is -2.25. The van der Waals surface area contributed by atoms with Gasteiger partial charge in [0.05, 0.1) is 12.3 Å². The average molecular weight is 398 g/mol. The molecule has 4 nitrogen and oxygen atoms in total. The van der Waals surface area contributed by atoms with Crippen LogP contribution in [0.25, 0.3) is 0 Å².